The van der Waals surface area contributed by atoms with Crippen LogP contribution in [0.5, 0.6) is 5.75 Å². The topological polar surface area (TPSA) is 94.1 Å². The minimum absolute atomic E-state index is 0.00607. The highest BCUT2D eigenvalue weighted by Gasteiger charge is 2.19. The summed E-state index contributed by atoms with van der Waals surface area (Å²) < 4.78 is 41.9. The Morgan fingerprint density at radius 3 is 2.57 bits per heavy atom. The fourth-order valence-electron chi connectivity index (χ4n) is 1.60. The van der Waals surface area contributed by atoms with Gasteiger partial charge in [-0.05, 0) is 17.7 Å². The predicted molar refractivity (Wildman–Crippen MR) is 76.8 cm³/mol. The van der Waals surface area contributed by atoms with Gasteiger partial charge in [0.15, 0.2) is 0 Å². The smallest absolute Gasteiger partial charge is 0.244 e. The molecule has 21 heavy (non-hydrogen) atoms. The molecule has 0 saturated heterocycles. The predicted octanol–water partition coefficient (Wildman–Crippen LogP) is 0.129. The van der Waals surface area contributed by atoms with Gasteiger partial charge in [0.25, 0.3) is 0 Å². The maximum Gasteiger partial charge on any atom is 0.244 e. The van der Waals surface area contributed by atoms with E-state index in [1.54, 1.807) is 13.2 Å². The summed E-state index contributed by atoms with van der Waals surface area (Å²) in [7, 11) is -0.774. The summed E-state index contributed by atoms with van der Waals surface area (Å²) in [5.41, 5.74) is 0.493. The lowest BCUT2D eigenvalue weighted by Gasteiger charge is -2.12. The Hall–Kier alpha value is -1.19. The van der Waals surface area contributed by atoms with Crippen molar-refractivity contribution in [2.24, 2.45) is 0 Å². The van der Waals surface area contributed by atoms with Gasteiger partial charge in [-0.2, -0.15) is 0 Å². The van der Waals surface area contributed by atoms with E-state index >= 15 is 0 Å². The van der Waals surface area contributed by atoms with Gasteiger partial charge >= 0.3 is 0 Å². The molecule has 0 atom stereocenters. The van der Waals surface area contributed by atoms with Gasteiger partial charge < -0.3 is 19.3 Å². The van der Waals surface area contributed by atoms with Crippen LogP contribution in [0.1, 0.15) is 5.56 Å². The summed E-state index contributed by atoms with van der Waals surface area (Å²) in [5, 5.41) is 9.10. The fraction of sp³-hybridized carbons (Fsp3) is 0.538. The molecule has 0 bridgehead atoms. The van der Waals surface area contributed by atoms with E-state index in [-0.39, 0.29) is 30.4 Å². The third-order valence-electron chi connectivity index (χ3n) is 2.67. The summed E-state index contributed by atoms with van der Waals surface area (Å²) in [6.45, 7) is 0.996. The second-order valence-corrected chi connectivity index (χ2v) is 5.88. The summed E-state index contributed by atoms with van der Waals surface area (Å²) in [6.07, 6.45) is 0. The minimum Gasteiger partial charge on any atom is -0.495 e. The average molecular weight is 319 g/mol. The standard InChI is InChI=1S/C13H21NO6S/c1-18-7-8-20-6-5-14-21(16,17)13-9-11(10-15)3-4-12(13)19-2/h3-4,9,14-15H,5-8,10H2,1-2H3. The third kappa shape index (κ3) is 5.60. The van der Waals surface area contributed by atoms with Gasteiger partial charge in [-0.1, -0.05) is 6.07 Å². The van der Waals surface area contributed by atoms with E-state index < -0.39 is 10.0 Å². The van der Waals surface area contributed by atoms with Crippen LogP contribution >= 0.6 is 0 Å². The number of sulfonamides is 1. The minimum atomic E-state index is -3.73. The van der Waals surface area contributed by atoms with E-state index in [4.69, 9.17) is 19.3 Å². The van der Waals surface area contributed by atoms with Crippen molar-refractivity contribution in [2.45, 2.75) is 11.5 Å². The number of rotatable bonds is 10. The normalized spacial score (nSPS) is 11.6. The maximum absolute atomic E-state index is 12.2. The number of nitrogens with one attached hydrogen (secondary N) is 1. The molecule has 8 heteroatoms. The molecule has 2 N–H and O–H groups in total. The Morgan fingerprint density at radius 1 is 1.19 bits per heavy atom. The first kappa shape index (κ1) is 17.9. The highest BCUT2D eigenvalue weighted by Crippen LogP contribution is 2.24. The fourth-order valence-corrected chi connectivity index (χ4v) is 2.83. The van der Waals surface area contributed by atoms with Crippen LogP contribution in [0.3, 0.4) is 0 Å². The van der Waals surface area contributed by atoms with Crippen molar-refractivity contribution in [3.05, 3.63) is 23.8 Å². The van der Waals surface area contributed by atoms with E-state index in [1.165, 1.54) is 19.2 Å². The molecule has 0 radical (unpaired) electrons. The number of ether oxygens (including phenoxy) is 3. The van der Waals surface area contributed by atoms with Crippen LogP contribution in [-0.2, 0) is 26.1 Å². The molecule has 0 saturated carbocycles. The van der Waals surface area contributed by atoms with Gasteiger partial charge in [0.2, 0.25) is 10.0 Å². The number of methoxy groups -OCH3 is 2. The Morgan fingerprint density at radius 2 is 1.95 bits per heavy atom. The largest absolute Gasteiger partial charge is 0.495 e. The molecular formula is C13H21NO6S. The van der Waals surface area contributed by atoms with Crippen LogP contribution in [-0.4, -0.2) is 54.1 Å². The first-order valence-corrected chi connectivity index (χ1v) is 7.87. The Balaban J connectivity index is 2.69. The molecule has 1 aromatic rings. The zero-order valence-corrected chi connectivity index (χ0v) is 13.0. The van der Waals surface area contributed by atoms with Gasteiger partial charge in [0, 0.05) is 13.7 Å². The summed E-state index contributed by atoms with van der Waals surface area (Å²) >= 11 is 0. The van der Waals surface area contributed by atoms with Crippen molar-refractivity contribution in [3.8, 4) is 5.75 Å². The van der Waals surface area contributed by atoms with Gasteiger partial charge in [0.05, 0.1) is 33.5 Å². The quantitative estimate of drug-likeness (QED) is 0.595. The molecular weight excluding hydrogens is 298 g/mol. The molecule has 0 heterocycles. The van der Waals surface area contributed by atoms with Crippen molar-refractivity contribution in [2.75, 3.05) is 40.6 Å². The molecule has 7 nitrogen and oxygen atoms in total. The summed E-state index contributed by atoms with van der Waals surface area (Å²) in [5.74, 6) is 0.222. The first-order valence-electron chi connectivity index (χ1n) is 6.39. The summed E-state index contributed by atoms with van der Waals surface area (Å²) in [6, 6.07) is 4.49. The SMILES string of the molecule is COCCOCCNS(=O)(=O)c1cc(CO)ccc1OC. The van der Waals surface area contributed by atoms with Crippen molar-refractivity contribution < 1.29 is 27.7 Å². The number of hydrogen-bond donors (Lipinski definition) is 2. The Kier molecular flexibility index (Phi) is 7.62. The van der Waals surface area contributed by atoms with E-state index in [1.807, 2.05) is 0 Å². The zero-order chi connectivity index (χ0) is 15.7. The van der Waals surface area contributed by atoms with E-state index in [0.717, 1.165) is 0 Å². The number of benzene rings is 1. The molecule has 0 unspecified atom stereocenters. The average Bonchev–Trinajstić information content (AvgIpc) is 2.50. The first-order chi connectivity index (χ1) is 10.0. The lowest BCUT2D eigenvalue weighted by molar-refractivity contribution is 0.0736. The molecule has 1 aromatic carbocycles. The van der Waals surface area contributed by atoms with Crippen LogP contribution in [0.2, 0.25) is 0 Å². The van der Waals surface area contributed by atoms with Crippen molar-refractivity contribution in [3.63, 3.8) is 0 Å². The molecule has 0 aliphatic rings. The third-order valence-corrected chi connectivity index (χ3v) is 4.15. The molecule has 0 aliphatic heterocycles. The number of hydrogen-bond acceptors (Lipinski definition) is 6. The molecule has 0 aliphatic carbocycles. The molecule has 0 fully saturated rings. The van der Waals surface area contributed by atoms with E-state index in [0.29, 0.717) is 18.8 Å². The van der Waals surface area contributed by atoms with Crippen molar-refractivity contribution in [1.29, 1.82) is 0 Å². The lowest BCUT2D eigenvalue weighted by Crippen LogP contribution is -2.28. The van der Waals surface area contributed by atoms with Gasteiger partial charge in [-0.15, -0.1) is 0 Å². The van der Waals surface area contributed by atoms with Crippen molar-refractivity contribution in [1.82, 2.24) is 4.72 Å². The highest BCUT2D eigenvalue weighted by atomic mass is 32.2. The Bertz CT molecular complexity index is 531. The van der Waals surface area contributed by atoms with Gasteiger partial charge in [-0.25, -0.2) is 13.1 Å². The van der Waals surface area contributed by atoms with Crippen LogP contribution < -0.4 is 9.46 Å². The van der Waals surface area contributed by atoms with Crippen LogP contribution in [0.4, 0.5) is 0 Å². The Labute approximate surface area is 124 Å². The maximum atomic E-state index is 12.2. The zero-order valence-electron chi connectivity index (χ0n) is 12.2. The molecule has 0 aromatic heterocycles. The molecule has 120 valence electrons. The second-order valence-electron chi connectivity index (χ2n) is 4.15. The van der Waals surface area contributed by atoms with E-state index in [2.05, 4.69) is 4.72 Å². The van der Waals surface area contributed by atoms with Crippen molar-refractivity contribution >= 4 is 10.0 Å². The lowest BCUT2D eigenvalue weighted by atomic mass is 10.2. The molecule has 1 rings (SSSR count). The number of aliphatic hydroxyl groups excluding tert-OH is 1. The van der Waals surface area contributed by atoms with Crippen LogP contribution in [0, 0.1) is 0 Å². The van der Waals surface area contributed by atoms with Gasteiger partial charge in [0.1, 0.15) is 10.6 Å². The second kappa shape index (κ2) is 8.96. The highest BCUT2D eigenvalue weighted by molar-refractivity contribution is 7.89. The van der Waals surface area contributed by atoms with Crippen LogP contribution in [0.25, 0.3) is 0 Å². The molecule has 0 amide bonds. The van der Waals surface area contributed by atoms with Gasteiger partial charge in [-0.3, -0.25) is 0 Å². The number of aliphatic hydroxyl groups is 1. The van der Waals surface area contributed by atoms with E-state index in [9.17, 15) is 8.42 Å². The summed E-state index contributed by atoms with van der Waals surface area (Å²) in [4.78, 5) is -0.00607. The monoisotopic (exact) mass is 319 g/mol. The van der Waals surface area contributed by atoms with Crippen LogP contribution in [0.15, 0.2) is 23.1 Å². The molecule has 0 spiro atoms.